The first-order valence-corrected chi connectivity index (χ1v) is 18.2. The fraction of sp³-hybridized carbons (Fsp3) is 0.286. The monoisotopic (exact) mass is 737 g/mol. The van der Waals surface area contributed by atoms with Crippen molar-refractivity contribution in [2.24, 2.45) is 0 Å². The normalized spacial score (nSPS) is 15.8. The van der Waals surface area contributed by atoms with E-state index < -0.39 is 17.7 Å². The van der Waals surface area contributed by atoms with Gasteiger partial charge in [0, 0.05) is 22.0 Å². The molecule has 3 aromatic heterocycles. The van der Waals surface area contributed by atoms with Crippen LogP contribution >= 0.6 is 46.3 Å². The first-order chi connectivity index (χ1) is 23.6. The van der Waals surface area contributed by atoms with E-state index in [9.17, 15) is 14.7 Å². The van der Waals surface area contributed by atoms with Crippen LogP contribution in [0.3, 0.4) is 0 Å². The number of hydrogen-bond acceptors (Lipinski definition) is 10. The molecule has 1 fully saturated rings. The zero-order valence-corrected chi connectivity index (χ0v) is 30.3. The SMILES string of the molecule is CCCCOc1ccc(C2/C(=C(\O)c3nc4c(C)cccn4c3C)C(=O)C(=O)N2c2nnc(SCc3ccc(Cl)cc3Cl)s2)cc1OCC. The molecule has 1 aliphatic heterocycles. The molecule has 1 N–H and O–H groups in total. The van der Waals surface area contributed by atoms with Crippen LogP contribution in [0, 0.1) is 13.8 Å². The molecule has 4 heterocycles. The summed E-state index contributed by atoms with van der Waals surface area (Å²) in [6, 6.07) is 13.3. The molecule has 1 atom stereocenters. The first kappa shape index (κ1) is 34.8. The van der Waals surface area contributed by atoms with Crippen molar-refractivity contribution in [2.45, 2.75) is 56.7 Å². The minimum absolute atomic E-state index is 0.117. The number of carbonyl (C=O) groups is 2. The van der Waals surface area contributed by atoms with Gasteiger partial charge in [-0.1, -0.05) is 77.8 Å². The molecule has 254 valence electrons. The molecule has 1 aliphatic rings. The standard InChI is InChI=1S/C35H33Cl2N5O5S2/c1-5-7-15-47-25-13-11-21(16-26(25)46-6-2)29-27(30(43)28-20(4)41-14-8-9-19(3)32(41)38-28)31(44)33(45)42(29)34-39-40-35(49-34)48-18-22-10-12-23(36)17-24(22)37/h8-14,16-17,29,43H,5-7,15,18H2,1-4H3/b30-27+. The number of benzene rings is 2. The first-order valence-electron chi connectivity index (χ1n) is 15.7. The van der Waals surface area contributed by atoms with Gasteiger partial charge in [0.25, 0.3) is 5.78 Å². The summed E-state index contributed by atoms with van der Waals surface area (Å²) in [5.74, 6) is -0.624. The van der Waals surface area contributed by atoms with E-state index in [2.05, 4.69) is 17.1 Å². The molecule has 14 heteroatoms. The third kappa shape index (κ3) is 6.87. The number of halogens is 2. The van der Waals surface area contributed by atoms with Crippen molar-refractivity contribution < 1.29 is 24.2 Å². The van der Waals surface area contributed by atoms with E-state index >= 15 is 0 Å². The number of thioether (sulfide) groups is 1. The maximum atomic E-state index is 13.9. The average molecular weight is 739 g/mol. The van der Waals surface area contributed by atoms with Gasteiger partial charge in [0.2, 0.25) is 5.13 Å². The molecule has 0 aliphatic carbocycles. The van der Waals surface area contributed by atoms with E-state index in [0.717, 1.165) is 35.3 Å². The molecule has 5 aromatic rings. The highest BCUT2D eigenvalue weighted by Gasteiger charge is 2.49. The second kappa shape index (κ2) is 14.8. The highest BCUT2D eigenvalue weighted by Crippen LogP contribution is 2.46. The highest BCUT2D eigenvalue weighted by atomic mass is 35.5. The van der Waals surface area contributed by atoms with Gasteiger partial charge in [-0.25, -0.2) is 4.98 Å². The number of ether oxygens (including phenoxy) is 2. The number of rotatable bonds is 12. The van der Waals surface area contributed by atoms with E-state index in [1.54, 1.807) is 37.3 Å². The molecule has 0 bridgehead atoms. The highest BCUT2D eigenvalue weighted by molar-refractivity contribution is 8.00. The number of unbranched alkanes of at least 4 members (excludes halogenated alkanes) is 1. The Balaban J connectivity index is 1.45. The molecule has 6 rings (SSSR count). The van der Waals surface area contributed by atoms with Gasteiger partial charge in [-0.3, -0.25) is 14.5 Å². The Hall–Kier alpha value is -4.10. The molecule has 1 unspecified atom stereocenters. The Labute approximate surface area is 301 Å². The van der Waals surface area contributed by atoms with Gasteiger partial charge in [0.05, 0.1) is 30.5 Å². The third-order valence-electron chi connectivity index (χ3n) is 8.06. The molecule has 0 spiro atoms. The third-order valence-corrected chi connectivity index (χ3v) is 10.8. The summed E-state index contributed by atoms with van der Waals surface area (Å²) >= 11 is 15.0. The summed E-state index contributed by atoms with van der Waals surface area (Å²) in [5.41, 5.74) is 3.60. The number of aliphatic hydroxyl groups excluding tert-OH is 1. The summed E-state index contributed by atoms with van der Waals surface area (Å²) in [7, 11) is 0. The van der Waals surface area contributed by atoms with E-state index in [4.69, 9.17) is 37.7 Å². The Morgan fingerprint density at radius 2 is 1.86 bits per heavy atom. The van der Waals surface area contributed by atoms with Crippen molar-refractivity contribution in [1.82, 2.24) is 19.6 Å². The number of pyridine rings is 1. The average Bonchev–Trinajstić information content (AvgIpc) is 3.76. The second-order valence-electron chi connectivity index (χ2n) is 11.3. The van der Waals surface area contributed by atoms with Crippen molar-refractivity contribution in [2.75, 3.05) is 18.1 Å². The zero-order chi connectivity index (χ0) is 34.8. The van der Waals surface area contributed by atoms with Crippen LogP contribution in [-0.4, -0.2) is 49.6 Å². The van der Waals surface area contributed by atoms with E-state index in [0.29, 0.717) is 61.8 Å². The van der Waals surface area contributed by atoms with Crippen LogP contribution in [0.4, 0.5) is 5.13 Å². The number of fused-ring (bicyclic) bond motifs is 1. The lowest BCUT2D eigenvalue weighted by atomic mass is 9.96. The Bertz CT molecular complexity index is 2100. The number of anilines is 1. The lowest BCUT2D eigenvalue weighted by Gasteiger charge is -2.23. The molecule has 49 heavy (non-hydrogen) atoms. The van der Waals surface area contributed by atoms with Crippen LogP contribution in [0.25, 0.3) is 11.4 Å². The van der Waals surface area contributed by atoms with Crippen molar-refractivity contribution in [3.8, 4) is 11.5 Å². The van der Waals surface area contributed by atoms with Crippen molar-refractivity contribution >= 4 is 74.5 Å². The summed E-state index contributed by atoms with van der Waals surface area (Å²) < 4.78 is 14.4. The Morgan fingerprint density at radius 1 is 1.04 bits per heavy atom. The van der Waals surface area contributed by atoms with E-state index in [-0.39, 0.29) is 22.2 Å². The van der Waals surface area contributed by atoms with Crippen LogP contribution in [-0.2, 0) is 15.3 Å². The van der Waals surface area contributed by atoms with Gasteiger partial charge in [-0.2, -0.15) is 0 Å². The van der Waals surface area contributed by atoms with E-state index in [1.807, 2.05) is 42.6 Å². The van der Waals surface area contributed by atoms with Crippen molar-refractivity contribution in [3.05, 3.63) is 98.4 Å². The molecule has 0 saturated carbocycles. The lowest BCUT2D eigenvalue weighted by Crippen LogP contribution is -2.29. The Morgan fingerprint density at radius 3 is 2.59 bits per heavy atom. The number of amides is 1. The minimum atomic E-state index is -1.06. The lowest BCUT2D eigenvalue weighted by molar-refractivity contribution is -0.132. The second-order valence-corrected chi connectivity index (χ2v) is 14.3. The topological polar surface area (TPSA) is 119 Å². The summed E-state index contributed by atoms with van der Waals surface area (Å²) in [6.45, 7) is 8.53. The number of aryl methyl sites for hydroxylation is 2. The number of carbonyl (C=O) groups excluding carboxylic acids is 2. The smallest absolute Gasteiger partial charge is 0.301 e. The van der Waals surface area contributed by atoms with Crippen LogP contribution < -0.4 is 14.4 Å². The molecule has 10 nitrogen and oxygen atoms in total. The van der Waals surface area contributed by atoms with Crippen LogP contribution in [0.15, 0.2) is 64.6 Å². The van der Waals surface area contributed by atoms with Gasteiger partial charge in [0.15, 0.2) is 21.6 Å². The molecule has 2 aromatic carbocycles. The van der Waals surface area contributed by atoms with E-state index in [1.165, 1.54) is 16.7 Å². The number of hydrogen-bond donors (Lipinski definition) is 1. The van der Waals surface area contributed by atoms with Crippen LogP contribution in [0.5, 0.6) is 11.5 Å². The molecule has 1 saturated heterocycles. The predicted molar refractivity (Wildman–Crippen MR) is 193 cm³/mol. The predicted octanol–water partition coefficient (Wildman–Crippen LogP) is 8.61. The molecule has 1 amide bonds. The summed E-state index contributed by atoms with van der Waals surface area (Å²) in [5, 5.41) is 21.8. The van der Waals surface area contributed by atoms with Gasteiger partial charge in [-0.05, 0) is 74.2 Å². The van der Waals surface area contributed by atoms with Gasteiger partial charge >= 0.3 is 5.91 Å². The maximum absolute atomic E-state index is 13.9. The summed E-state index contributed by atoms with van der Waals surface area (Å²) in [4.78, 5) is 33.8. The molecule has 0 radical (unpaired) electrons. The maximum Gasteiger partial charge on any atom is 0.301 e. The number of aromatic nitrogens is 4. The number of ketones is 1. The fourth-order valence-electron chi connectivity index (χ4n) is 5.56. The Kier molecular flexibility index (Phi) is 10.5. The van der Waals surface area contributed by atoms with Gasteiger partial charge in [-0.15, -0.1) is 10.2 Å². The van der Waals surface area contributed by atoms with Gasteiger partial charge in [0.1, 0.15) is 11.3 Å². The number of nitrogens with zero attached hydrogens (tertiary/aromatic N) is 5. The summed E-state index contributed by atoms with van der Waals surface area (Å²) in [6.07, 6.45) is 3.67. The van der Waals surface area contributed by atoms with Gasteiger partial charge < -0.3 is 19.0 Å². The van der Waals surface area contributed by atoms with Crippen LogP contribution in [0.2, 0.25) is 10.0 Å². The number of imidazole rings is 1. The molecular formula is C35H33Cl2N5O5S2. The number of Topliss-reactive ketones (excluding diaryl/α,β-unsaturated/α-hetero) is 1. The minimum Gasteiger partial charge on any atom is -0.505 e. The number of aliphatic hydroxyl groups is 1. The quantitative estimate of drug-likeness (QED) is 0.0335. The van der Waals surface area contributed by atoms with Crippen molar-refractivity contribution in [3.63, 3.8) is 0 Å². The fourth-order valence-corrected chi connectivity index (χ4v) is 7.99. The molecular weight excluding hydrogens is 705 g/mol. The largest absolute Gasteiger partial charge is 0.505 e. The van der Waals surface area contributed by atoms with Crippen molar-refractivity contribution in [1.29, 1.82) is 0 Å². The zero-order valence-electron chi connectivity index (χ0n) is 27.2. The van der Waals surface area contributed by atoms with Crippen LogP contribution in [0.1, 0.15) is 60.8 Å².